The van der Waals surface area contributed by atoms with E-state index >= 15 is 0 Å². The fourth-order valence-corrected chi connectivity index (χ4v) is 4.75. The first-order valence-electron chi connectivity index (χ1n) is 16.9. The van der Waals surface area contributed by atoms with Gasteiger partial charge in [-0.2, -0.15) is 0 Å². The standard InChI is InChI=1S/C35H58NO10P/c1-3-5-7-9-11-13-15-16-17-19-21-23-25-27-34(38)46-31(29-44-47(41,42)45-30-32(36)35(39)40)28-43-33(37)26-24-22-20-18-14-12-10-8-6-4-2/h5,7,9,11,13,15-17,19,21,31-32H,3-4,6,8,10,12,14,18,20,22-30,36H2,1-2H3,(H,39,40)(H,41,42)/b7-5+,11-9+,15-13+,17-16+,21-19+/t31?,32-/m0/s1. The van der Waals surface area contributed by atoms with E-state index in [1.165, 1.54) is 38.5 Å². The van der Waals surface area contributed by atoms with Gasteiger partial charge in [-0.25, -0.2) is 4.57 Å². The van der Waals surface area contributed by atoms with Crippen molar-refractivity contribution in [1.82, 2.24) is 0 Å². The number of ether oxygens (including phenoxy) is 2. The van der Waals surface area contributed by atoms with Gasteiger partial charge in [-0.1, -0.05) is 132 Å². The van der Waals surface area contributed by atoms with Gasteiger partial charge in [0.2, 0.25) is 0 Å². The zero-order valence-corrected chi connectivity index (χ0v) is 29.2. The summed E-state index contributed by atoms with van der Waals surface area (Å²) < 4.78 is 32.3. The molecule has 0 aliphatic carbocycles. The van der Waals surface area contributed by atoms with Gasteiger partial charge in [-0.3, -0.25) is 23.4 Å². The molecule has 12 heteroatoms. The van der Waals surface area contributed by atoms with Crippen LogP contribution in [0.4, 0.5) is 0 Å². The molecule has 11 nitrogen and oxygen atoms in total. The zero-order valence-electron chi connectivity index (χ0n) is 28.3. The molecule has 0 aliphatic rings. The molecule has 3 atom stereocenters. The smallest absolute Gasteiger partial charge is 0.472 e. The molecular formula is C35H58NO10P. The second kappa shape index (κ2) is 30.5. The van der Waals surface area contributed by atoms with Crippen molar-refractivity contribution in [3.05, 3.63) is 60.8 Å². The lowest BCUT2D eigenvalue weighted by Crippen LogP contribution is -2.34. The molecule has 0 aromatic carbocycles. The second-order valence-corrected chi connectivity index (χ2v) is 12.5. The topological polar surface area (TPSA) is 172 Å². The van der Waals surface area contributed by atoms with Crippen LogP contribution in [-0.4, -0.2) is 59.9 Å². The summed E-state index contributed by atoms with van der Waals surface area (Å²) in [7, 11) is -4.72. The maximum absolute atomic E-state index is 12.5. The van der Waals surface area contributed by atoms with Crippen LogP contribution < -0.4 is 5.73 Å². The third-order valence-corrected chi connectivity index (χ3v) is 7.61. The van der Waals surface area contributed by atoms with Crippen LogP contribution in [0.3, 0.4) is 0 Å². The van der Waals surface area contributed by atoms with Crippen molar-refractivity contribution < 1.29 is 47.5 Å². The van der Waals surface area contributed by atoms with E-state index in [0.717, 1.165) is 25.7 Å². The number of hydrogen-bond acceptors (Lipinski definition) is 9. The maximum atomic E-state index is 12.5. The van der Waals surface area contributed by atoms with Gasteiger partial charge in [0.05, 0.1) is 13.2 Å². The van der Waals surface area contributed by atoms with Crippen LogP contribution in [0.25, 0.3) is 0 Å². The van der Waals surface area contributed by atoms with Gasteiger partial charge in [0.25, 0.3) is 0 Å². The lowest BCUT2D eigenvalue weighted by molar-refractivity contribution is -0.161. The summed E-state index contributed by atoms with van der Waals surface area (Å²) >= 11 is 0. The van der Waals surface area contributed by atoms with Crippen LogP contribution in [-0.2, 0) is 37.5 Å². The minimum absolute atomic E-state index is 0.0633. The number of aliphatic carboxylic acids is 1. The Morgan fingerprint density at radius 1 is 0.681 bits per heavy atom. The quantitative estimate of drug-likeness (QED) is 0.0294. The lowest BCUT2D eigenvalue weighted by atomic mass is 10.1. The Kier molecular flexibility index (Phi) is 28.7. The van der Waals surface area contributed by atoms with Gasteiger partial charge < -0.3 is 25.2 Å². The molecule has 0 fully saturated rings. The molecule has 0 saturated heterocycles. The first-order chi connectivity index (χ1) is 22.6. The Morgan fingerprint density at radius 3 is 1.77 bits per heavy atom. The number of allylic oxidation sites excluding steroid dienone is 10. The van der Waals surface area contributed by atoms with Crippen molar-refractivity contribution >= 4 is 25.7 Å². The highest BCUT2D eigenvalue weighted by Gasteiger charge is 2.28. The molecule has 0 aliphatic heterocycles. The fourth-order valence-electron chi connectivity index (χ4n) is 3.97. The average Bonchev–Trinajstić information content (AvgIpc) is 3.04. The summed E-state index contributed by atoms with van der Waals surface area (Å²) in [6, 6.07) is -1.53. The predicted octanol–water partition coefficient (Wildman–Crippen LogP) is 7.66. The highest BCUT2D eigenvalue weighted by molar-refractivity contribution is 7.47. The third-order valence-electron chi connectivity index (χ3n) is 6.66. The normalized spacial score (nSPS) is 14.8. The molecule has 0 saturated carbocycles. The number of carbonyl (C=O) groups is 3. The number of carbonyl (C=O) groups excluding carboxylic acids is 2. The molecule has 268 valence electrons. The summed E-state index contributed by atoms with van der Waals surface area (Å²) in [5.41, 5.74) is 5.29. The number of nitrogens with two attached hydrogens (primary N) is 1. The highest BCUT2D eigenvalue weighted by Crippen LogP contribution is 2.43. The molecule has 2 unspecified atom stereocenters. The first kappa shape index (κ1) is 44.2. The maximum Gasteiger partial charge on any atom is 0.472 e. The van der Waals surface area contributed by atoms with Crippen LogP contribution in [0.1, 0.15) is 110 Å². The Bertz CT molecular complexity index is 1040. The molecule has 0 rings (SSSR count). The molecule has 0 radical (unpaired) electrons. The number of phosphoric ester groups is 1. The SMILES string of the molecule is CC/C=C/C=C/C=C/C=C/C=C/CCCC(=O)OC(COC(=O)CCCCCCCCCCCC)COP(=O)(O)OC[C@H](N)C(=O)O. The Balaban J connectivity index is 4.67. The average molecular weight is 684 g/mol. The van der Waals surface area contributed by atoms with Crippen LogP contribution in [0, 0.1) is 0 Å². The lowest BCUT2D eigenvalue weighted by Gasteiger charge is -2.20. The molecular weight excluding hydrogens is 625 g/mol. The molecule has 4 N–H and O–H groups in total. The van der Waals surface area contributed by atoms with Crippen molar-refractivity contribution in [1.29, 1.82) is 0 Å². The first-order valence-corrected chi connectivity index (χ1v) is 18.4. The van der Waals surface area contributed by atoms with Gasteiger partial charge in [0.15, 0.2) is 6.10 Å². The summed E-state index contributed by atoms with van der Waals surface area (Å²) in [6.45, 7) is 2.51. The Morgan fingerprint density at radius 2 is 1.19 bits per heavy atom. The number of carboxylic acids is 1. The van der Waals surface area contributed by atoms with E-state index in [-0.39, 0.29) is 19.4 Å². The van der Waals surface area contributed by atoms with Crippen LogP contribution in [0.2, 0.25) is 0 Å². The molecule has 0 spiro atoms. The number of rotatable bonds is 30. The number of esters is 2. The minimum Gasteiger partial charge on any atom is -0.480 e. The summed E-state index contributed by atoms with van der Waals surface area (Å²) in [5.74, 6) is -2.49. The number of unbranched alkanes of at least 4 members (excludes halogenated alkanes) is 10. The van der Waals surface area contributed by atoms with E-state index in [0.29, 0.717) is 19.3 Å². The van der Waals surface area contributed by atoms with Crippen LogP contribution in [0.5, 0.6) is 0 Å². The minimum atomic E-state index is -4.72. The van der Waals surface area contributed by atoms with Gasteiger partial charge in [-0.05, 0) is 25.7 Å². The monoisotopic (exact) mass is 683 g/mol. The zero-order chi connectivity index (χ0) is 35.0. The van der Waals surface area contributed by atoms with Crippen LogP contribution in [0.15, 0.2) is 60.8 Å². The summed E-state index contributed by atoms with van der Waals surface area (Å²) in [4.78, 5) is 45.5. The van der Waals surface area contributed by atoms with Crippen molar-refractivity contribution in [2.75, 3.05) is 19.8 Å². The largest absolute Gasteiger partial charge is 0.480 e. The fraction of sp³-hybridized carbons (Fsp3) is 0.629. The van der Waals surface area contributed by atoms with E-state index in [1.807, 2.05) is 54.7 Å². The van der Waals surface area contributed by atoms with Crippen molar-refractivity contribution in [2.24, 2.45) is 5.73 Å². The molecule has 0 aromatic heterocycles. The van der Waals surface area contributed by atoms with E-state index in [9.17, 15) is 23.8 Å². The van der Waals surface area contributed by atoms with Crippen molar-refractivity contribution in [3.8, 4) is 0 Å². The summed E-state index contributed by atoms with van der Waals surface area (Å²) in [6.07, 6.45) is 31.8. The van der Waals surface area contributed by atoms with E-state index < -0.39 is 51.1 Å². The molecule has 0 bridgehead atoms. The third kappa shape index (κ3) is 30.3. The van der Waals surface area contributed by atoms with Gasteiger partial charge in [0.1, 0.15) is 12.6 Å². The van der Waals surface area contributed by atoms with Gasteiger partial charge >= 0.3 is 25.7 Å². The molecule has 0 amide bonds. The van der Waals surface area contributed by atoms with Crippen LogP contribution >= 0.6 is 7.82 Å². The van der Waals surface area contributed by atoms with Gasteiger partial charge in [0, 0.05) is 12.8 Å². The van der Waals surface area contributed by atoms with E-state index in [1.54, 1.807) is 0 Å². The predicted molar refractivity (Wildman–Crippen MR) is 184 cm³/mol. The number of phosphoric acid groups is 1. The molecule has 0 heterocycles. The van der Waals surface area contributed by atoms with Gasteiger partial charge in [-0.15, -0.1) is 0 Å². The summed E-state index contributed by atoms with van der Waals surface area (Å²) in [5, 5.41) is 8.83. The number of hydrogen-bond donors (Lipinski definition) is 3. The van der Waals surface area contributed by atoms with E-state index in [4.69, 9.17) is 24.8 Å². The molecule has 47 heavy (non-hydrogen) atoms. The van der Waals surface area contributed by atoms with Crippen molar-refractivity contribution in [3.63, 3.8) is 0 Å². The highest BCUT2D eigenvalue weighted by atomic mass is 31.2. The Hall–Kier alpha value is -2.82. The van der Waals surface area contributed by atoms with E-state index in [2.05, 4.69) is 24.4 Å². The van der Waals surface area contributed by atoms with Crippen molar-refractivity contribution in [2.45, 2.75) is 122 Å². The number of carboxylic acid groups (broad SMARTS) is 1. The Labute approximate surface area is 281 Å². The second-order valence-electron chi connectivity index (χ2n) is 11.0. The molecule has 0 aromatic rings.